The van der Waals surface area contributed by atoms with Crippen LogP contribution in [0, 0.1) is 11.8 Å². The first-order valence-electron chi connectivity index (χ1n) is 8.14. The fourth-order valence-corrected chi connectivity index (χ4v) is 2.94. The van der Waals surface area contributed by atoms with Crippen molar-refractivity contribution < 1.29 is 14.2 Å². The van der Waals surface area contributed by atoms with E-state index in [0.29, 0.717) is 25.0 Å². The van der Waals surface area contributed by atoms with Crippen LogP contribution in [0.3, 0.4) is 0 Å². The zero-order valence-corrected chi connectivity index (χ0v) is 13.6. The smallest absolute Gasteiger partial charge is 0.0720 e. The van der Waals surface area contributed by atoms with E-state index in [2.05, 4.69) is 24.3 Å². The molecule has 1 fully saturated rings. The molecule has 0 N–H and O–H groups in total. The molecule has 23 heavy (non-hydrogen) atoms. The van der Waals surface area contributed by atoms with Crippen molar-refractivity contribution >= 4 is 0 Å². The average Bonchev–Trinajstić information content (AvgIpc) is 3.26. The van der Waals surface area contributed by atoms with Crippen molar-refractivity contribution in [2.24, 2.45) is 11.8 Å². The van der Waals surface area contributed by atoms with Crippen molar-refractivity contribution in [3.05, 3.63) is 71.8 Å². The van der Waals surface area contributed by atoms with Gasteiger partial charge in [-0.05, 0) is 11.1 Å². The molecule has 3 heteroatoms. The molecule has 2 aromatic carbocycles. The SMILES string of the molecule is COCC1[C@@H](COCc2ccccc2)[C@H]1OCc1ccccc1. The van der Waals surface area contributed by atoms with Gasteiger partial charge in [-0.2, -0.15) is 0 Å². The van der Waals surface area contributed by atoms with Crippen LogP contribution in [-0.4, -0.2) is 26.4 Å². The van der Waals surface area contributed by atoms with E-state index >= 15 is 0 Å². The third kappa shape index (κ3) is 4.64. The molecule has 0 aliphatic heterocycles. The van der Waals surface area contributed by atoms with E-state index in [0.717, 1.165) is 13.2 Å². The quantitative estimate of drug-likeness (QED) is 0.707. The highest BCUT2D eigenvalue weighted by Crippen LogP contribution is 2.42. The summed E-state index contributed by atoms with van der Waals surface area (Å²) in [5.41, 5.74) is 2.41. The van der Waals surface area contributed by atoms with Gasteiger partial charge in [0.25, 0.3) is 0 Å². The molecule has 0 spiro atoms. The maximum Gasteiger partial charge on any atom is 0.0720 e. The summed E-state index contributed by atoms with van der Waals surface area (Å²) < 4.78 is 17.2. The highest BCUT2D eigenvalue weighted by atomic mass is 16.5. The van der Waals surface area contributed by atoms with Crippen molar-refractivity contribution in [3.8, 4) is 0 Å². The van der Waals surface area contributed by atoms with E-state index < -0.39 is 0 Å². The minimum Gasteiger partial charge on any atom is -0.384 e. The molecule has 3 rings (SSSR count). The Hall–Kier alpha value is -1.68. The molecule has 0 amide bonds. The second-order valence-corrected chi connectivity index (χ2v) is 6.04. The largest absolute Gasteiger partial charge is 0.384 e. The summed E-state index contributed by atoms with van der Waals surface area (Å²) in [7, 11) is 1.74. The predicted molar refractivity (Wildman–Crippen MR) is 90.0 cm³/mol. The Morgan fingerprint density at radius 2 is 1.30 bits per heavy atom. The van der Waals surface area contributed by atoms with Gasteiger partial charge in [-0.3, -0.25) is 0 Å². The maximum absolute atomic E-state index is 6.06. The Balaban J connectivity index is 1.44. The minimum atomic E-state index is 0.242. The van der Waals surface area contributed by atoms with E-state index in [1.807, 2.05) is 36.4 Å². The summed E-state index contributed by atoms with van der Waals surface area (Å²) in [5, 5.41) is 0. The predicted octanol–water partition coefficient (Wildman–Crippen LogP) is 3.68. The monoisotopic (exact) mass is 312 g/mol. The van der Waals surface area contributed by atoms with Crippen molar-refractivity contribution in [2.75, 3.05) is 20.3 Å². The second-order valence-electron chi connectivity index (χ2n) is 6.04. The topological polar surface area (TPSA) is 27.7 Å². The normalized spacial score (nSPS) is 22.9. The molecular weight excluding hydrogens is 288 g/mol. The number of hydrogen-bond donors (Lipinski definition) is 0. The van der Waals surface area contributed by atoms with Crippen LogP contribution in [0.5, 0.6) is 0 Å². The molecule has 1 aliphatic rings. The zero-order valence-electron chi connectivity index (χ0n) is 13.6. The van der Waals surface area contributed by atoms with Crippen LogP contribution in [0.2, 0.25) is 0 Å². The number of ether oxygens (including phenoxy) is 3. The van der Waals surface area contributed by atoms with Crippen LogP contribution in [0.1, 0.15) is 11.1 Å². The van der Waals surface area contributed by atoms with Crippen LogP contribution in [0.15, 0.2) is 60.7 Å². The second kappa shape index (κ2) is 8.25. The van der Waals surface area contributed by atoms with Crippen molar-refractivity contribution in [2.45, 2.75) is 19.3 Å². The van der Waals surface area contributed by atoms with Gasteiger partial charge in [0, 0.05) is 18.9 Å². The molecular formula is C20H24O3. The van der Waals surface area contributed by atoms with Crippen molar-refractivity contribution in [3.63, 3.8) is 0 Å². The van der Waals surface area contributed by atoms with Crippen molar-refractivity contribution in [1.29, 1.82) is 0 Å². The molecule has 0 aromatic heterocycles. The van der Waals surface area contributed by atoms with E-state index in [1.165, 1.54) is 11.1 Å². The standard InChI is InChI=1S/C20H24O3/c1-21-14-18-19(15-22-12-16-8-4-2-5-9-16)20(18)23-13-17-10-6-3-7-11-17/h2-11,18-20H,12-15H2,1H3/t18?,19-,20+/m1/s1. The molecule has 3 nitrogen and oxygen atoms in total. The van der Waals surface area contributed by atoms with E-state index in [9.17, 15) is 0 Å². The zero-order chi connectivity index (χ0) is 15.9. The third-order valence-corrected chi connectivity index (χ3v) is 4.32. The fraction of sp³-hybridized carbons (Fsp3) is 0.400. The van der Waals surface area contributed by atoms with Crippen LogP contribution in [0.25, 0.3) is 0 Å². The Labute approximate surface area is 138 Å². The van der Waals surface area contributed by atoms with Crippen LogP contribution >= 0.6 is 0 Å². The minimum absolute atomic E-state index is 0.242. The van der Waals surface area contributed by atoms with Gasteiger partial charge in [-0.1, -0.05) is 60.7 Å². The lowest BCUT2D eigenvalue weighted by Gasteiger charge is -2.05. The first-order valence-corrected chi connectivity index (χ1v) is 8.14. The summed E-state index contributed by atoms with van der Waals surface area (Å²) in [5.74, 6) is 0.877. The fourth-order valence-electron chi connectivity index (χ4n) is 2.94. The van der Waals surface area contributed by atoms with Gasteiger partial charge in [0.15, 0.2) is 0 Å². The number of hydrogen-bond acceptors (Lipinski definition) is 3. The van der Waals surface area contributed by atoms with Gasteiger partial charge < -0.3 is 14.2 Å². The molecule has 1 unspecified atom stereocenters. The van der Waals surface area contributed by atoms with Gasteiger partial charge in [-0.25, -0.2) is 0 Å². The summed E-state index contributed by atoms with van der Waals surface area (Å²) in [4.78, 5) is 0. The molecule has 0 saturated heterocycles. The van der Waals surface area contributed by atoms with Gasteiger partial charge in [0.1, 0.15) is 0 Å². The Kier molecular flexibility index (Phi) is 5.81. The van der Waals surface area contributed by atoms with E-state index in [4.69, 9.17) is 14.2 Å². The summed E-state index contributed by atoms with van der Waals surface area (Å²) in [6.07, 6.45) is 0.242. The lowest BCUT2D eigenvalue weighted by atomic mass is 10.2. The summed E-state index contributed by atoms with van der Waals surface area (Å²) in [6, 6.07) is 20.6. The first kappa shape index (κ1) is 16.2. The number of methoxy groups -OCH3 is 1. The van der Waals surface area contributed by atoms with Crippen LogP contribution in [-0.2, 0) is 27.4 Å². The summed E-state index contributed by atoms with van der Waals surface area (Å²) in [6.45, 7) is 2.77. The van der Waals surface area contributed by atoms with Crippen LogP contribution < -0.4 is 0 Å². The molecule has 0 heterocycles. The van der Waals surface area contributed by atoms with Crippen molar-refractivity contribution in [1.82, 2.24) is 0 Å². The molecule has 0 radical (unpaired) electrons. The Morgan fingerprint density at radius 3 is 1.91 bits per heavy atom. The maximum atomic E-state index is 6.06. The highest BCUT2D eigenvalue weighted by Gasteiger charge is 2.51. The van der Waals surface area contributed by atoms with E-state index in [1.54, 1.807) is 7.11 Å². The molecule has 1 aliphatic carbocycles. The highest BCUT2D eigenvalue weighted by molar-refractivity contribution is 5.14. The van der Waals surface area contributed by atoms with Crippen LogP contribution in [0.4, 0.5) is 0 Å². The molecule has 2 aromatic rings. The van der Waals surface area contributed by atoms with E-state index in [-0.39, 0.29) is 6.10 Å². The number of benzene rings is 2. The lowest BCUT2D eigenvalue weighted by Crippen LogP contribution is -2.03. The molecule has 1 saturated carbocycles. The first-order chi connectivity index (χ1) is 11.4. The van der Waals surface area contributed by atoms with Gasteiger partial charge >= 0.3 is 0 Å². The molecule has 122 valence electrons. The van der Waals surface area contributed by atoms with Gasteiger partial charge in [0.2, 0.25) is 0 Å². The van der Waals surface area contributed by atoms with Gasteiger partial charge in [0.05, 0.1) is 32.5 Å². The average molecular weight is 312 g/mol. The third-order valence-electron chi connectivity index (χ3n) is 4.32. The Morgan fingerprint density at radius 1 is 0.739 bits per heavy atom. The van der Waals surface area contributed by atoms with Gasteiger partial charge in [-0.15, -0.1) is 0 Å². The lowest BCUT2D eigenvalue weighted by molar-refractivity contribution is 0.0583. The molecule has 0 bridgehead atoms. The molecule has 3 atom stereocenters. The number of rotatable bonds is 9. The summed E-state index contributed by atoms with van der Waals surface area (Å²) >= 11 is 0. The Bertz CT molecular complexity index is 570.